The van der Waals surface area contributed by atoms with Crippen molar-refractivity contribution in [3.63, 3.8) is 0 Å². The van der Waals surface area contributed by atoms with Gasteiger partial charge < -0.3 is 33.2 Å². The van der Waals surface area contributed by atoms with Crippen LogP contribution in [0.15, 0.2) is 30.5 Å². The molecule has 0 amide bonds. The van der Waals surface area contributed by atoms with Crippen molar-refractivity contribution >= 4 is 11.6 Å². The number of rotatable bonds is 10. The van der Waals surface area contributed by atoms with Crippen molar-refractivity contribution in [2.75, 3.05) is 20.0 Å². The van der Waals surface area contributed by atoms with Crippen LogP contribution in [0.2, 0.25) is 5.02 Å². The quantitative estimate of drug-likeness (QED) is 0.343. The Hall–Kier alpha value is -1.71. The van der Waals surface area contributed by atoms with Crippen molar-refractivity contribution in [1.29, 1.82) is 0 Å². The smallest absolute Gasteiger partial charge is 0.224 e. The first kappa shape index (κ1) is 31.3. The van der Waals surface area contributed by atoms with Crippen molar-refractivity contribution in [3.8, 4) is 0 Å². The third-order valence-corrected chi connectivity index (χ3v) is 8.75. The van der Waals surface area contributed by atoms with Crippen molar-refractivity contribution in [2.45, 2.75) is 115 Å². The second kappa shape index (κ2) is 12.6. The standard InChI is InChI=1S/C30H42ClN3O9/c1-19(6-11-24-28(2,3)43-41-27(40-24)20-7-9-21(31)10-8-20)12-13-34-14-22(32-33-34)15-35-26-25-23(36-18-37-25)16-38-30(26)17-39-29(4,5)42-30/h7-10,14,19,23-27H,6,11-13,15-18H2,1-5H3/t19?,23-,24?,25-,26?,27?,30+/m0/s1. The number of ether oxygens (including phenoxy) is 7. The van der Waals surface area contributed by atoms with Crippen LogP contribution in [-0.4, -0.2) is 76.6 Å². The molecule has 5 heterocycles. The van der Waals surface area contributed by atoms with E-state index < -0.39 is 29.6 Å². The highest BCUT2D eigenvalue weighted by Gasteiger charge is 2.61. The van der Waals surface area contributed by atoms with Crippen molar-refractivity contribution in [1.82, 2.24) is 15.0 Å². The van der Waals surface area contributed by atoms with Gasteiger partial charge in [-0.1, -0.05) is 35.9 Å². The lowest BCUT2D eigenvalue weighted by Gasteiger charge is -2.43. The Kier molecular flexibility index (Phi) is 9.16. The van der Waals surface area contributed by atoms with Gasteiger partial charge in [-0.3, -0.25) is 4.68 Å². The molecular formula is C30H42ClN3O9. The average Bonchev–Trinajstić information content (AvgIpc) is 3.70. The topological polar surface area (TPSA) is 114 Å². The molecule has 4 unspecified atom stereocenters. The van der Waals surface area contributed by atoms with Gasteiger partial charge in [0, 0.05) is 17.1 Å². The van der Waals surface area contributed by atoms with Crippen LogP contribution in [0.25, 0.3) is 0 Å². The Balaban J connectivity index is 0.985. The summed E-state index contributed by atoms with van der Waals surface area (Å²) in [6, 6.07) is 7.41. The molecule has 43 heavy (non-hydrogen) atoms. The highest BCUT2D eigenvalue weighted by atomic mass is 35.5. The molecule has 6 rings (SSSR count). The molecule has 13 heteroatoms. The average molecular weight is 624 g/mol. The molecule has 7 atom stereocenters. The van der Waals surface area contributed by atoms with Gasteiger partial charge in [0.1, 0.15) is 43.0 Å². The molecule has 1 spiro atoms. The van der Waals surface area contributed by atoms with E-state index in [2.05, 4.69) is 17.2 Å². The number of aromatic nitrogens is 3. The first-order chi connectivity index (χ1) is 20.5. The van der Waals surface area contributed by atoms with Crippen LogP contribution in [0, 0.1) is 5.92 Å². The fourth-order valence-electron chi connectivity index (χ4n) is 5.92. The zero-order valence-corrected chi connectivity index (χ0v) is 26.2. The Morgan fingerprint density at radius 2 is 1.91 bits per heavy atom. The first-order valence-corrected chi connectivity index (χ1v) is 15.4. The van der Waals surface area contributed by atoms with E-state index in [9.17, 15) is 0 Å². The Bertz CT molecular complexity index is 1230. The molecule has 4 saturated heterocycles. The van der Waals surface area contributed by atoms with Gasteiger partial charge in [-0.25, -0.2) is 4.89 Å². The molecule has 0 bridgehead atoms. The summed E-state index contributed by atoms with van der Waals surface area (Å²) in [6.07, 6.45) is 2.85. The van der Waals surface area contributed by atoms with E-state index in [1.165, 1.54) is 0 Å². The zero-order chi connectivity index (χ0) is 30.2. The molecule has 2 aromatic rings. The number of aryl methyl sites for hydroxylation is 1. The van der Waals surface area contributed by atoms with E-state index in [1.807, 2.05) is 62.8 Å². The number of benzene rings is 1. The van der Waals surface area contributed by atoms with Crippen LogP contribution in [-0.2, 0) is 56.1 Å². The Labute approximate surface area is 257 Å². The lowest BCUT2D eigenvalue weighted by molar-refractivity contribution is -0.487. The molecule has 4 fully saturated rings. The second-order valence-corrected chi connectivity index (χ2v) is 13.3. The minimum absolute atomic E-state index is 0.125. The first-order valence-electron chi connectivity index (χ1n) is 15.0. The molecule has 1 aromatic carbocycles. The summed E-state index contributed by atoms with van der Waals surface area (Å²) in [7, 11) is 0. The maximum absolute atomic E-state index is 6.33. The molecule has 0 radical (unpaired) electrons. The highest BCUT2D eigenvalue weighted by molar-refractivity contribution is 6.30. The summed E-state index contributed by atoms with van der Waals surface area (Å²) in [5.74, 6) is -1.42. The second-order valence-electron chi connectivity index (χ2n) is 12.8. The fraction of sp³-hybridized carbons (Fsp3) is 0.733. The van der Waals surface area contributed by atoms with Crippen LogP contribution in [0.3, 0.4) is 0 Å². The summed E-state index contributed by atoms with van der Waals surface area (Å²) in [5.41, 5.74) is 1.02. The van der Waals surface area contributed by atoms with Crippen molar-refractivity contribution in [3.05, 3.63) is 46.7 Å². The van der Waals surface area contributed by atoms with E-state index in [0.29, 0.717) is 23.2 Å². The van der Waals surface area contributed by atoms with E-state index >= 15 is 0 Å². The molecule has 0 aliphatic carbocycles. The molecule has 4 aliphatic rings. The lowest BCUT2D eigenvalue weighted by Crippen LogP contribution is -2.62. The molecule has 4 aliphatic heterocycles. The van der Waals surface area contributed by atoms with Gasteiger partial charge in [-0.2, -0.15) is 4.89 Å². The van der Waals surface area contributed by atoms with Gasteiger partial charge >= 0.3 is 0 Å². The van der Waals surface area contributed by atoms with E-state index in [0.717, 1.165) is 31.4 Å². The lowest BCUT2D eigenvalue weighted by atomic mass is 9.92. The molecule has 0 N–H and O–H groups in total. The van der Waals surface area contributed by atoms with Gasteiger partial charge in [0.15, 0.2) is 5.79 Å². The molecule has 238 valence electrons. The maximum atomic E-state index is 6.33. The van der Waals surface area contributed by atoms with Gasteiger partial charge in [0.2, 0.25) is 12.1 Å². The predicted octanol–water partition coefficient (Wildman–Crippen LogP) is 4.70. The molecule has 1 aromatic heterocycles. The van der Waals surface area contributed by atoms with Crippen molar-refractivity contribution < 1.29 is 42.9 Å². The summed E-state index contributed by atoms with van der Waals surface area (Å²) in [4.78, 5) is 11.3. The number of nitrogens with zero attached hydrogens (tertiary/aromatic N) is 3. The Morgan fingerprint density at radius 3 is 2.67 bits per heavy atom. The maximum Gasteiger partial charge on any atom is 0.224 e. The minimum atomic E-state index is -1.06. The van der Waals surface area contributed by atoms with Gasteiger partial charge in [-0.05, 0) is 65.0 Å². The van der Waals surface area contributed by atoms with Crippen LogP contribution in [0.4, 0.5) is 0 Å². The van der Waals surface area contributed by atoms with Gasteiger partial charge in [0.05, 0.1) is 25.5 Å². The van der Waals surface area contributed by atoms with Gasteiger partial charge in [-0.15, -0.1) is 5.10 Å². The van der Waals surface area contributed by atoms with Crippen LogP contribution in [0.5, 0.6) is 0 Å². The molecule has 12 nitrogen and oxygen atoms in total. The van der Waals surface area contributed by atoms with E-state index in [-0.39, 0.29) is 38.3 Å². The monoisotopic (exact) mass is 623 g/mol. The van der Waals surface area contributed by atoms with E-state index in [4.69, 9.17) is 54.5 Å². The van der Waals surface area contributed by atoms with Crippen LogP contribution in [0.1, 0.15) is 71.4 Å². The number of hydrogen-bond donors (Lipinski definition) is 0. The third kappa shape index (κ3) is 7.09. The largest absolute Gasteiger partial charge is 0.363 e. The van der Waals surface area contributed by atoms with Crippen LogP contribution < -0.4 is 0 Å². The summed E-state index contributed by atoms with van der Waals surface area (Å²) in [5, 5.41) is 9.32. The number of hydrogen-bond acceptors (Lipinski definition) is 11. The summed E-state index contributed by atoms with van der Waals surface area (Å²) in [6.45, 7) is 11.7. The fourth-order valence-corrected chi connectivity index (χ4v) is 6.05. The predicted molar refractivity (Wildman–Crippen MR) is 151 cm³/mol. The highest BCUT2D eigenvalue weighted by Crippen LogP contribution is 2.43. The normalized spacial score (nSPS) is 34.0. The Morgan fingerprint density at radius 1 is 1.09 bits per heavy atom. The van der Waals surface area contributed by atoms with E-state index in [1.54, 1.807) is 0 Å². The third-order valence-electron chi connectivity index (χ3n) is 8.50. The number of halogens is 1. The molecular weight excluding hydrogens is 582 g/mol. The van der Waals surface area contributed by atoms with Crippen LogP contribution >= 0.6 is 11.6 Å². The minimum Gasteiger partial charge on any atom is -0.363 e. The summed E-state index contributed by atoms with van der Waals surface area (Å²) < 4.78 is 44.2. The zero-order valence-electron chi connectivity index (χ0n) is 25.4. The van der Waals surface area contributed by atoms with Crippen molar-refractivity contribution in [2.24, 2.45) is 5.92 Å². The molecule has 0 saturated carbocycles. The SMILES string of the molecule is CC(CCC1OC(c2ccc(Cl)cc2)OOC1(C)C)CCn1cc(COC2[C@H]3OCO[C@H]3CO[C@@]23COC(C)(C)O3)nn1. The summed E-state index contributed by atoms with van der Waals surface area (Å²) >= 11 is 6.03. The van der Waals surface area contributed by atoms with Gasteiger partial charge in [0.25, 0.3) is 0 Å². The number of fused-ring (bicyclic) bond motifs is 1.